The molecule has 0 saturated carbocycles. The smallest absolute Gasteiger partial charge is 0.475 e. The molecule has 2 aliphatic heterocycles. The third-order valence-electron chi connectivity index (χ3n) is 5.69. The normalized spacial score (nSPS) is 22.7. The van der Waals surface area contributed by atoms with Gasteiger partial charge in [-0.1, -0.05) is 0 Å². The van der Waals surface area contributed by atoms with E-state index in [9.17, 15) is 26.3 Å². The third kappa shape index (κ3) is 10.6. The summed E-state index contributed by atoms with van der Waals surface area (Å²) >= 11 is 1.75. The van der Waals surface area contributed by atoms with Crippen molar-refractivity contribution in [2.24, 2.45) is 5.92 Å². The zero-order valence-corrected chi connectivity index (χ0v) is 21.1. The van der Waals surface area contributed by atoms with Crippen molar-refractivity contribution in [2.75, 3.05) is 26.7 Å². The van der Waals surface area contributed by atoms with E-state index in [0.717, 1.165) is 26.2 Å². The van der Waals surface area contributed by atoms with Gasteiger partial charge in [-0.2, -0.15) is 26.3 Å². The van der Waals surface area contributed by atoms with Crippen molar-refractivity contribution < 1.29 is 50.9 Å². The molecule has 3 heterocycles. The number of thiazole rings is 1. The Morgan fingerprint density at radius 2 is 1.69 bits per heavy atom. The van der Waals surface area contributed by atoms with Crippen LogP contribution < -0.4 is 0 Å². The lowest BCUT2D eigenvalue weighted by Crippen LogP contribution is -2.61. The summed E-state index contributed by atoms with van der Waals surface area (Å²) in [5.41, 5.74) is 1.23. The van der Waals surface area contributed by atoms with Gasteiger partial charge in [-0.15, -0.1) is 11.3 Å². The first-order valence-electron chi connectivity index (χ1n) is 11.0. The third-order valence-corrected chi connectivity index (χ3v) is 6.51. The van der Waals surface area contributed by atoms with Crippen molar-refractivity contribution in [1.29, 1.82) is 0 Å². The maximum Gasteiger partial charge on any atom is 0.490 e. The summed E-state index contributed by atoms with van der Waals surface area (Å²) in [6, 6.07) is 1.05. The van der Waals surface area contributed by atoms with Gasteiger partial charge in [0.2, 0.25) is 0 Å². The van der Waals surface area contributed by atoms with Crippen molar-refractivity contribution in [1.82, 2.24) is 14.8 Å². The van der Waals surface area contributed by atoms with E-state index in [1.165, 1.54) is 23.5 Å². The Morgan fingerprint density at radius 1 is 1.17 bits per heavy atom. The molecule has 15 heteroatoms. The van der Waals surface area contributed by atoms with Crippen molar-refractivity contribution in [3.63, 3.8) is 0 Å². The van der Waals surface area contributed by atoms with E-state index in [4.69, 9.17) is 24.5 Å². The Kier molecular flexibility index (Phi) is 12.1. The summed E-state index contributed by atoms with van der Waals surface area (Å²) in [6.45, 7) is 10.8. The second kappa shape index (κ2) is 13.5. The fourth-order valence-corrected chi connectivity index (χ4v) is 4.45. The van der Waals surface area contributed by atoms with Crippen molar-refractivity contribution in [3.05, 3.63) is 16.1 Å². The van der Waals surface area contributed by atoms with E-state index in [2.05, 4.69) is 48.0 Å². The number of likely N-dealkylation sites (tertiary alicyclic amines) is 1. The number of likely N-dealkylation sites (N-methyl/N-ethyl adjacent to an activating group) is 1. The summed E-state index contributed by atoms with van der Waals surface area (Å²) in [5.74, 6) is -4.84. The predicted molar refractivity (Wildman–Crippen MR) is 119 cm³/mol. The molecule has 0 unspecified atom stereocenters. The van der Waals surface area contributed by atoms with E-state index in [1.807, 2.05) is 0 Å². The van der Waals surface area contributed by atoms with Gasteiger partial charge in [-0.25, -0.2) is 14.6 Å². The SMILES string of the molecule is Cc1nc(CN2C[C@@H]3CCCO[C@@H]3[C@H](N(C)C(C)C)C2)cs1.O=C(O)C(F)(F)F.O=C(O)C(F)(F)F. The molecule has 8 nitrogen and oxygen atoms in total. The standard InChI is InChI=1S/C17H29N3OS.2C2HF3O2/c1-12(2)19(4)16-10-20(9-15-11-22-13(3)18-15)8-14-6-5-7-21-17(14)16;2*3-2(4,5)1(6)7/h11-12,14,16-17H,5-10H2,1-4H3;2*(H,6,7)/t14-,16+,17-;;/m0../s1. The van der Waals surface area contributed by atoms with Crippen LogP contribution in [0.3, 0.4) is 0 Å². The first-order chi connectivity index (χ1) is 16.4. The molecule has 36 heavy (non-hydrogen) atoms. The number of carbonyl (C=O) groups is 2. The zero-order chi connectivity index (χ0) is 27.8. The molecule has 0 bridgehead atoms. The van der Waals surface area contributed by atoms with Gasteiger partial charge in [0.15, 0.2) is 0 Å². The average molecular weight is 552 g/mol. The van der Waals surface area contributed by atoms with Gasteiger partial charge >= 0.3 is 24.3 Å². The molecular formula is C21H31F6N3O5S. The molecule has 208 valence electrons. The minimum Gasteiger partial charge on any atom is -0.475 e. The minimum atomic E-state index is -5.08. The van der Waals surface area contributed by atoms with Crippen LogP contribution in [0.5, 0.6) is 0 Å². The van der Waals surface area contributed by atoms with Crippen LogP contribution in [0.4, 0.5) is 26.3 Å². The maximum atomic E-state index is 10.6. The number of nitrogens with zero attached hydrogens (tertiary/aromatic N) is 3. The van der Waals surface area contributed by atoms with E-state index in [-0.39, 0.29) is 0 Å². The maximum absolute atomic E-state index is 10.6. The van der Waals surface area contributed by atoms with Gasteiger partial charge in [0, 0.05) is 43.7 Å². The molecule has 0 aromatic carbocycles. The molecule has 0 aliphatic carbocycles. The van der Waals surface area contributed by atoms with Crippen LogP contribution >= 0.6 is 11.3 Å². The summed E-state index contributed by atoms with van der Waals surface area (Å²) in [7, 11) is 2.25. The largest absolute Gasteiger partial charge is 0.490 e. The Hall–Kier alpha value is -1.97. The lowest BCUT2D eigenvalue weighted by atomic mass is 9.84. The van der Waals surface area contributed by atoms with Crippen molar-refractivity contribution in [2.45, 2.75) is 70.7 Å². The molecule has 2 N–H and O–H groups in total. The van der Waals surface area contributed by atoms with Crippen molar-refractivity contribution >= 4 is 23.3 Å². The number of aliphatic carboxylic acids is 2. The fourth-order valence-electron chi connectivity index (χ4n) is 3.84. The van der Waals surface area contributed by atoms with Gasteiger partial charge in [-0.05, 0) is 46.6 Å². The molecule has 1 aromatic rings. The average Bonchev–Trinajstić information content (AvgIpc) is 3.16. The summed E-state index contributed by atoms with van der Waals surface area (Å²) < 4.78 is 69.7. The molecule has 2 saturated heterocycles. The number of carboxylic acids is 2. The molecule has 2 aliphatic rings. The van der Waals surface area contributed by atoms with Gasteiger partial charge in [0.1, 0.15) is 0 Å². The monoisotopic (exact) mass is 551 g/mol. The van der Waals surface area contributed by atoms with Crippen LogP contribution in [0, 0.1) is 12.8 Å². The second-order valence-electron chi connectivity index (χ2n) is 8.72. The molecular weight excluding hydrogens is 520 g/mol. The van der Waals surface area contributed by atoms with Crippen LogP contribution in [0.15, 0.2) is 5.38 Å². The lowest BCUT2D eigenvalue weighted by molar-refractivity contribution is -0.193. The fraction of sp³-hybridized carbons (Fsp3) is 0.762. The number of fused-ring (bicyclic) bond motifs is 1. The number of hydrogen-bond donors (Lipinski definition) is 2. The quantitative estimate of drug-likeness (QED) is 0.541. The highest BCUT2D eigenvalue weighted by molar-refractivity contribution is 7.09. The van der Waals surface area contributed by atoms with E-state index in [0.29, 0.717) is 24.1 Å². The lowest BCUT2D eigenvalue weighted by Gasteiger charge is -2.49. The molecule has 0 radical (unpaired) electrons. The number of carboxylic acid groups (broad SMARTS) is 2. The number of halogens is 6. The molecule has 1 aromatic heterocycles. The molecule has 0 amide bonds. The summed E-state index contributed by atoms with van der Waals surface area (Å²) in [4.78, 5) is 27.5. The Morgan fingerprint density at radius 3 is 2.11 bits per heavy atom. The predicted octanol–water partition coefficient (Wildman–Crippen LogP) is 4.04. The number of rotatable bonds is 4. The highest BCUT2D eigenvalue weighted by atomic mass is 32.1. The van der Waals surface area contributed by atoms with E-state index in [1.54, 1.807) is 11.3 Å². The highest BCUT2D eigenvalue weighted by Gasteiger charge is 2.42. The Bertz CT molecular complexity index is 825. The number of aromatic nitrogens is 1. The van der Waals surface area contributed by atoms with Gasteiger partial charge in [0.05, 0.1) is 16.8 Å². The highest BCUT2D eigenvalue weighted by Crippen LogP contribution is 2.32. The molecule has 0 spiro atoms. The van der Waals surface area contributed by atoms with Crippen LogP contribution in [-0.4, -0.2) is 94.2 Å². The number of ether oxygens (including phenoxy) is 1. The number of aryl methyl sites for hydroxylation is 1. The minimum absolute atomic E-state index is 0.412. The number of hydrogen-bond acceptors (Lipinski definition) is 7. The van der Waals surface area contributed by atoms with E-state index < -0.39 is 24.3 Å². The van der Waals surface area contributed by atoms with Crippen LogP contribution in [-0.2, 0) is 20.9 Å². The zero-order valence-electron chi connectivity index (χ0n) is 20.3. The van der Waals surface area contributed by atoms with Crippen molar-refractivity contribution in [3.8, 4) is 0 Å². The van der Waals surface area contributed by atoms with Crippen LogP contribution in [0.2, 0.25) is 0 Å². The van der Waals surface area contributed by atoms with Gasteiger partial charge in [-0.3, -0.25) is 9.80 Å². The number of piperidine rings is 1. The van der Waals surface area contributed by atoms with Gasteiger partial charge in [0.25, 0.3) is 0 Å². The topological polar surface area (TPSA) is 103 Å². The molecule has 3 rings (SSSR count). The Labute approximate surface area is 208 Å². The Balaban J connectivity index is 0.000000383. The van der Waals surface area contributed by atoms with E-state index >= 15 is 0 Å². The van der Waals surface area contributed by atoms with Crippen LogP contribution in [0.1, 0.15) is 37.4 Å². The molecule has 2 fully saturated rings. The number of alkyl halides is 6. The first-order valence-corrected chi connectivity index (χ1v) is 11.9. The van der Waals surface area contributed by atoms with Gasteiger partial charge < -0.3 is 14.9 Å². The van der Waals surface area contributed by atoms with Crippen LogP contribution in [0.25, 0.3) is 0 Å². The summed E-state index contributed by atoms with van der Waals surface area (Å²) in [6.07, 6.45) is -7.24. The summed E-state index contributed by atoms with van der Waals surface area (Å²) in [5, 5.41) is 17.6. The second-order valence-corrected chi connectivity index (χ2v) is 9.78. The first kappa shape index (κ1) is 32.1. The molecule has 3 atom stereocenters.